The van der Waals surface area contributed by atoms with E-state index in [2.05, 4.69) is 59.1 Å². The highest BCUT2D eigenvalue weighted by molar-refractivity contribution is 5.62. The van der Waals surface area contributed by atoms with Crippen LogP contribution in [0.5, 0.6) is 0 Å². The molecular weight excluding hydrogens is 224 g/mol. The van der Waals surface area contributed by atoms with Gasteiger partial charge in [-0.3, -0.25) is 0 Å². The summed E-state index contributed by atoms with van der Waals surface area (Å²) in [6, 6.07) is 6.64. The maximum absolute atomic E-state index is 4.39. The second-order valence-corrected chi connectivity index (χ2v) is 4.96. The number of aromatic nitrogens is 3. The molecule has 0 amide bonds. The van der Waals surface area contributed by atoms with E-state index in [1.165, 1.54) is 16.7 Å². The molecule has 3 rings (SSSR count). The van der Waals surface area contributed by atoms with Gasteiger partial charge in [0, 0.05) is 18.7 Å². The van der Waals surface area contributed by atoms with Crippen LogP contribution in [0.25, 0.3) is 11.4 Å². The Kier molecular flexibility index (Phi) is 2.67. The van der Waals surface area contributed by atoms with E-state index in [1.54, 1.807) is 0 Å². The highest BCUT2D eigenvalue weighted by Gasteiger charge is 2.22. The third-order valence-corrected chi connectivity index (χ3v) is 3.80. The molecule has 1 N–H and O–H groups in total. The highest BCUT2D eigenvalue weighted by atomic mass is 15.3. The maximum Gasteiger partial charge on any atom is 0.164 e. The van der Waals surface area contributed by atoms with E-state index in [0.717, 1.165) is 24.7 Å². The zero-order valence-electron chi connectivity index (χ0n) is 11.1. The second kappa shape index (κ2) is 4.21. The Bertz CT molecular complexity index is 585. The lowest BCUT2D eigenvalue weighted by molar-refractivity contribution is 0.439. The topological polar surface area (TPSA) is 42.7 Å². The summed E-state index contributed by atoms with van der Waals surface area (Å²) < 4.78 is 2.24. The maximum atomic E-state index is 4.39. The molecule has 18 heavy (non-hydrogen) atoms. The number of hydrogen-bond donors (Lipinski definition) is 1. The lowest BCUT2D eigenvalue weighted by Gasteiger charge is -2.22. The van der Waals surface area contributed by atoms with Gasteiger partial charge in [0.2, 0.25) is 0 Å². The molecule has 4 nitrogen and oxygen atoms in total. The van der Waals surface area contributed by atoms with Crippen LogP contribution >= 0.6 is 0 Å². The molecule has 1 aromatic heterocycles. The number of hydrogen-bond acceptors (Lipinski definition) is 3. The van der Waals surface area contributed by atoms with Crippen molar-refractivity contribution in [3.8, 4) is 11.4 Å². The van der Waals surface area contributed by atoms with Gasteiger partial charge in [-0.1, -0.05) is 18.2 Å². The minimum atomic E-state index is 0.283. The fraction of sp³-hybridized carbons (Fsp3) is 0.429. The minimum Gasteiger partial charge on any atom is -0.308 e. The predicted molar refractivity (Wildman–Crippen MR) is 71.3 cm³/mol. The van der Waals surface area contributed by atoms with Crippen LogP contribution < -0.4 is 5.32 Å². The summed E-state index contributed by atoms with van der Waals surface area (Å²) >= 11 is 0. The summed E-state index contributed by atoms with van der Waals surface area (Å²) in [5.41, 5.74) is 3.79. The Labute approximate surface area is 107 Å². The fourth-order valence-corrected chi connectivity index (χ4v) is 2.53. The van der Waals surface area contributed by atoms with Crippen molar-refractivity contribution in [3.63, 3.8) is 0 Å². The molecule has 0 saturated heterocycles. The normalized spacial score (nSPS) is 18.7. The first-order valence-electron chi connectivity index (χ1n) is 6.41. The summed E-state index contributed by atoms with van der Waals surface area (Å²) in [5, 5.41) is 12.1. The molecule has 1 aromatic carbocycles. The van der Waals surface area contributed by atoms with E-state index in [1.807, 2.05) is 0 Å². The molecule has 1 aliphatic rings. The van der Waals surface area contributed by atoms with Crippen LogP contribution in [0.4, 0.5) is 0 Å². The van der Waals surface area contributed by atoms with Gasteiger partial charge < -0.3 is 9.88 Å². The quantitative estimate of drug-likeness (QED) is 0.834. The molecule has 2 heterocycles. The van der Waals surface area contributed by atoms with Crippen LogP contribution in [0.1, 0.15) is 29.9 Å². The predicted octanol–water partition coefficient (Wildman–Crippen LogP) is 2.23. The average Bonchev–Trinajstić information content (AvgIpc) is 2.78. The van der Waals surface area contributed by atoms with Crippen molar-refractivity contribution in [1.29, 1.82) is 0 Å². The Morgan fingerprint density at radius 1 is 1.28 bits per heavy atom. The van der Waals surface area contributed by atoms with Gasteiger partial charge >= 0.3 is 0 Å². The first-order chi connectivity index (χ1) is 8.68. The molecule has 0 radical (unpaired) electrons. The summed E-state index contributed by atoms with van der Waals surface area (Å²) in [6.45, 7) is 8.33. The molecule has 2 aromatic rings. The smallest absolute Gasteiger partial charge is 0.164 e. The standard InChI is InChI=1S/C14H18N4/c1-9-5-4-6-12(10(9)2)14-17-16-13-11(3)15-7-8-18(13)14/h4-6,11,15H,7-8H2,1-3H3. The monoisotopic (exact) mass is 242 g/mol. The Balaban J connectivity index is 2.16. The zero-order chi connectivity index (χ0) is 12.7. The van der Waals surface area contributed by atoms with Crippen LogP contribution in [-0.2, 0) is 6.54 Å². The van der Waals surface area contributed by atoms with Gasteiger partial charge in [0.15, 0.2) is 5.82 Å². The molecule has 0 spiro atoms. The van der Waals surface area contributed by atoms with Gasteiger partial charge in [-0.05, 0) is 31.9 Å². The number of nitrogens with one attached hydrogen (secondary N) is 1. The third-order valence-electron chi connectivity index (χ3n) is 3.80. The van der Waals surface area contributed by atoms with Crippen molar-refractivity contribution in [2.45, 2.75) is 33.4 Å². The molecule has 0 bridgehead atoms. The molecule has 0 aliphatic carbocycles. The fourth-order valence-electron chi connectivity index (χ4n) is 2.53. The van der Waals surface area contributed by atoms with E-state index in [-0.39, 0.29) is 6.04 Å². The Morgan fingerprint density at radius 3 is 2.94 bits per heavy atom. The van der Waals surface area contributed by atoms with E-state index in [4.69, 9.17) is 0 Å². The molecule has 0 fully saturated rings. The Morgan fingerprint density at radius 2 is 2.11 bits per heavy atom. The molecule has 1 atom stereocenters. The van der Waals surface area contributed by atoms with Crippen molar-refractivity contribution in [2.75, 3.05) is 6.54 Å². The second-order valence-electron chi connectivity index (χ2n) is 4.96. The van der Waals surface area contributed by atoms with E-state index in [0.29, 0.717) is 0 Å². The molecule has 94 valence electrons. The largest absolute Gasteiger partial charge is 0.308 e. The number of aryl methyl sites for hydroxylation is 1. The van der Waals surface area contributed by atoms with Crippen molar-refractivity contribution >= 4 is 0 Å². The van der Waals surface area contributed by atoms with Gasteiger partial charge in [0.25, 0.3) is 0 Å². The molecule has 0 saturated carbocycles. The van der Waals surface area contributed by atoms with Gasteiger partial charge in [0.05, 0.1) is 6.04 Å². The summed E-state index contributed by atoms with van der Waals surface area (Å²) in [6.07, 6.45) is 0. The van der Waals surface area contributed by atoms with Crippen molar-refractivity contribution < 1.29 is 0 Å². The SMILES string of the molecule is Cc1cccc(-c2nnc3n2CCNC3C)c1C. The number of rotatable bonds is 1. The lowest BCUT2D eigenvalue weighted by atomic mass is 10.0. The van der Waals surface area contributed by atoms with Gasteiger partial charge in [-0.2, -0.15) is 0 Å². The molecule has 4 heteroatoms. The highest BCUT2D eigenvalue weighted by Crippen LogP contribution is 2.27. The number of benzene rings is 1. The summed E-state index contributed by atoms with van der Waals surface area (Å²) in [7, 11) is 0. The van der Waals surface area contributed by atoms with E-state index >= 15 is 0 Å². The average molecular weight is 242 g/mol. The third kappa shape index (κ3) is 1.64. The van der Waals surface area contributed by atoms with Crippen LogP contribution in [0.3, 0.4) is 0 Å². The van der Waals surface area contributed by atoms with Crippen molar-refractivity contribution in [2.24, 2.45) is 0 Å². The first kappa shape index (κ1) is 11.4. The van der Waals surface area contributed by atoms with Gasteiger partial charge in [0.1, 0.15) is 5.82 Å². The zero-order valence-corrected chi connectivity index (χ0v) is 11.1. The van der Waals surface area contributed by atoms with Gasteiger partial charge in [-0.15, -0.1) is 10.2 Å². The molecule has 1 aliphatic heterocycles. The number of fused-ring (bicyclic) bond motifs is 1. The van der Waals surface area contributed by atoms with Gasteiger partial charge in [-0.25, -0.2) is 0 Å². The van der Waals surface area contributed by atoms with Crippen molar-refractivity contribution in [1.82, 2.24) is 20.1 Å². The summed E-state index contributed by atoms with van der Waals surface area (Å²) in [4.78, 5) is 0. The first-order valence-corrected chi connectivity index (χ1v) is 6.41. The Hall–Kier alpha value is -1.68. The van der Waals surface area contributed by atoms with Crippen molar-refractivity contribution in [3.05, 3.63) is 35.2 Å². The van der Waals surface area contributed by atoms with Crippen LogP contribution in [0.2, 0.25) is 0 Å². The van der Waals surface area contributed by atoms with E-state index in [9.17, 15) is 0 Å². The van der Waals surface area contributed by atoms with Crippen LogP contribution in [0, 0.1) is 13.8 Å². The van der Waals surface area contributed by atoms with Crippen LogP contribution in [-0.4, -0.2) is 21.3 Å². The minimum absolute atomic E-state index is 0.283. The molecule has 1 unspecified atom stereocenters. The van der Waals surface area contributed by atoms with Crippen LogP contribution in [0.15, 0.2) is 18.2 Å². The summed E-state index contributed by atoms with van der Waals surface area (Å²) in [5.74, 6) is 2.04. The van der Waals surface area contributed by atoms with E-state index < -0.39 is 0 Å². The lowest BCUT2D eigenvalue weighted by Crippen LogP contribution is -2.32. The number of nitrogens with zero attached hydrogens (tertiary/aromatic N) is 3. The molecular formula is C14H18N4.